The largest absolute Gasteiger partial charge is 0.464 e. The van der Waals surface area contributed by atoms with Gasteiger partial charge in [0.05, 0.1) is 17.7 Å². The number of ether oxygens (including phenoxy) is 1. The first-order chi connectivity index (χ1) is 15.5. The fraction of sp³-hybridized carbons (Fsp3) is 0.318. The van der Waals surface area contributed by atoms with Crippen molar-refractivity contribution in [3.8, 4) is 11.3 Å². The number of hydrogen-bond donors (Lipinski definition) is 3. The first kappa shape index (κ1) is 24.6. The highest BCUT2D eigenvalue weighted by Gasteiger charge is 2.18. The molecule has 1 aromatic carbocycles. The number of hydrogen-bond acceptors (Lipinski definition) is 7. The molecule has 0 spiro atoms. The average Bonchev–Trinajstić information content (AvgIpc) is 3.42. The van der Waals surface area contributed by atoms with E-state index in [1.54, 1.807) is 41.9 Å². The zero-order valence-corrected chi connectivity index (χ0v) is 20.4. The van der Waals surface area contributed by atoms with Gasteiger partial charge in [-0.25, -0.2) is 22.9 Å². The summed E-state index contributed by atoms with van der Waals surface area (Å²) >= 11 is 1.22. The molecule has 0 unspecified atom stereocenters. The van der Waals surface area contributed by atoms with Crippen LogP contribution in [0.3, 0.4) is 0 Å². The highest BCUT2D eigenvalue weighted by atomic mass is 32.2. The monoisotopic (exact) mass is 490 g/mol. The van der Waals surface area contributed by atoms with Gasteiger partial charge in [0, 0.05) is 30.1 Å². The van der Waals surface area contributed by atoms with Crippen molar-refractivity contribution in [3.05, 3.63) is 53.2 Å². The predicted molar refractivity (Wildman–Crippen MR) is 127 cm³/mol. The molecule has 0 atom stereocenters. The molecule has 0 aliphatic carbocycles. The van der Waals surface area contributed by atoms with E-state index >= 15 is 0 Å². The molecular weight excluding hydrogens is 464 g/mol. The summed E-state index contributed by atoms with van der Waals surface area (Å²) in [6.45, 7) is 6.11. The molecule has 33 heavy (non-hydrogen) atoms. The molecule has 0 radical (unpaired) electrons. The highest BCUT2D eigenvalue weighted by molar-refractivity contribution is 7.89. The Bertz CT molecular complexity index is 1240. The van der Waals surface area contributed by atoms with Gasteiger partial charge in [0.25, 0.3) is 0 Å². The topological polar surface area (TPSA) is 130 Å². The molecule has 176 valence electrons. The summed E-state index contributed by atoms with van der Waals surface area (Å²) in [4.78, 5) is 31.1. The lowest BCUT2D eigenvalue weighted by Crippen LogP contribution is -2.28. The first-order valence-corrected chi connectivity index (χ1v) is 12.5. The van der Waals surface area contributed by atoms with Crippen molar-refractivity contribution in [3.63, 3.8) is 0 Å². The number of amides is 1. The molecule has 3 aromatic rings. The molecular formula is C22H26N4O5S2. The van der Waals surface area contributed by atoms with Crippen molar-refractivity contribution in [2.45, 2.75) is 37.5 Å². The maximum Gasteiger partial charge on any atom is 0.354 e. The number of sulfonamides is 1. The molecule has 0 aliphatic rings. The van der Waals surface area contributed by atoms with Crippen LogP contribution in [0.1, 0.15) is 43.2 Å². The fourth-order valence-electron chi connectivity index (χ4n) is 2.93. The van der Waals surface area contributed by atoms with E-state index < -0.39 is 16.0 Å². The summed E-state index contributed by atoms with van der Waals surface area (Å²) in [5.74, 6) is -0.858. The van der Waals surface area contributed by atoms with E-state index in [-0.39, 0.29) is 29.2 Å². The average molecular weight is 491 g/mol. The summed E-state index contributed by atoms with van der Waals surface area (Å²) < 4.78 is 32.1. The van der Waals surface area contributed by atoms with E-state index in [0.29, 0.717) is 22.1 Å². The number of esters is 1. The predicted octanol–water partition coefficient (Wildman–Crippen LogP) is 3.53. The molecule has 0 aliphatic heterocycles. The molecule has 2 aromatic heterocycles. The first-order valence-electron chi connectivity index (χ1n) is 10.1. The standard InChI is InChI=1S/C22H26N4O5S2/c1-22(2,3)15-5-7-16(8-6-15)33(29,30)24-10-9-19(27)26-21-25-18(13-32-21)14-11-17(23-12-14)20(28)31-4/h5-8,11-13,23-24H,9-10H2,1-4H3,(H,25,26,27). The Morgan fingerprint density at radius 2 is 1.88 bits per heavy atom. The number of aromatic nitrogens is 2. The van der Waals surface area contributed by atoms with Crippen molar-refractivity contribution >= 4 is 38.4 Å². The van der Waals surface area contributed by atoms with Crippen molar-refractivity contribution in [1.82, 2.24) is 14.7 Å². The van der Waals surface area contributed by atoms with Gasteiger partial charge in [-0.3, -0.25) is 4.79 Å². The van der Waals surface area contributed by atoms with E-state index in [9.17, 15) is 18.0 Å². The van der Waals surface area contributed by atoms with Gasteiger partial charge in [-0.2, -0.15) is 0 Å². The number of carbonyl (C=O) groups excluding carboxylic acids is 2. The van der Waals surface area contributed by atoms with Crippen molar-refractivity contribution in [2.24, 2.45) is 0 Å². The molecule has 9 nitrogen and oxygen atoms in total. The summed E-state index contributed by atoms with van der Waals surface area (Å²) in [6, 6.07) is 8.31. The molecule has 3 rings (SSSR count). The Hall–Kier alpha value is -3.02. The number of carbonyl (C=O) groups is 2. The number of aromatic amines is 1. The number of methoxy groups -OCH3 is 1. The third kappa shape index (κ3) is 6.28. The lowest BCUT2D eigenvalue weighted by molar-refractivity contribution is -0.116. The Kier molecular flexibility index (Phi) is 7.35. The van der Waals surface area contributed by atoms with Gasteiger partial charge < -0.3 is 15.0 Å². The number of H-pyrrole nitrogens is 1. The Morgan fingerprint density at radius 3 is 2.52 bits per heavy atom. The van der Waals surface area contributed by atoms with Crippen LogP contribution in [0, 0.1) is 0 Å². The van der Waals surface area contributed by atoms with Gasteiger partial charge in [-0.05, 0) is 29.2 Å². The second-order valence-corrected chi connectivity index (χ2v) is 10.9. The Balaban J connectivity index is 1.52. The number of anilines is 1. The van der Waals surface area contributed by atoms with Crippen molar-refractivity contribution < 1.29 is 22.7 Å². The van der Waals surface area contributed by atoms with E-state index in [4.69, 9.17) is 0 Å². The zero-order chi connectivity index (χ0) is 24.2. The molecule has 0 saturated carbocycles. The lowest BCUT2D eigenvalue weighted by atomic mass is 9.87. The van der Waals surface area contributed by atoms with E-state index in [1.807, 2.05) is 0 Å². The second-order valence-electron chi connectivity index (χ2n) is 8.30. The van der Waals surface area contributed by atoms with E-state index in [1.165, 1.54) is 18.4 Å². The van der Waals surface area contributed by atoms with Crippen LogP contribution in [-0.2, 0) is 25.0 Å². The number of benzene rings is 1. The Labute approximate surface area is 196 Å². The van der Waals surface area contributed by atoms with Crippen LogP contribution in [0.25, 0.3) is 11.3 Å². The second kappa shape index (κ2) is 9.86. The number of nitrogens with one attached hydrogen (secondary N) is 3. The van der Waals surface area contributed by atoms with Gasteiger partial charge in [0.2, 0.25) is 15.9 Å². The fourth-order valence-corrected chi connectivity index (χ4v) is 4.70. The van der Waals surface area contributed by atoms with Gasteiger partial charge in [-0.15, -0.1) is 11.3 Å². The molecule has 0 fully saturated rings. The zero-order valence-electron chi connectivity index (χ0n) is 18.8. The van der Waals surface area contributed by atoms with Crippen molar-refractivity contribution in [1.29, 1.82) is 0 Å². The lowest BCUT2D eigenvalue weighted by Gasteiger charge is -2.19. The maximum absolute atomic E-state index is 12.5. The minimum absolute atomic E-state index is 0.0479. The summed E-state index contributed by atoms with van der Waals surface area (Å²) in [5, 5.41) is 4.77. The van der Waals surface area contributed by atoms with Crippen LogP contribution < -0.4 is 10.0 Å². The smallest absolute Gasteiger partial charge is 0.354 e. The minimum Gasteiger partial charge on any atom is -0.464 e. The van der Waals surface area contributed by atoms with Crippen molar-refractivity contribution in [2.75, 3.05) is 19.0 Å². The Morgan fingerprint density at radius 1 is 1.18 bits per heavy atom. The molecule has 0 saturated heterocycles. The van der Waals surface area contributed by atoms with Gasteiger partial charge in [0.15, 0.2) is 5.13 Å². The van der Waals surface area contributed by atoms with Crippen LogP contribution in [-0.4, -0.2) is 43.9 Å². The molecule has 0 bridgehead atoms. The van der Waals surface area contributed by atoms with Crippen LogP contribution in [0.2, 0.25) is 0 Å². The van der Waals surface area contributed by atoms with Crippen LogP contribution in [0.5, 0.6) is 0 Å². The minimum atomic E-state index is -3.71. The highest BCUT2D eigenvalue weighted by Crippen LogP contribution is 2.26. The molecule has 11 heteroatoms. The quantitative estimate of drug-likeness (QED) is 0.414. The SMILES string of the molecule is COC(=O)c1cc(-c2csc(NC(=O)CCNS(=O)(=O)c3ccc(C(C)(C)C)cc3)n2)c[nH]1. The molecule has 3 N–H and O–H groups in total. The summed E-state index contributed by atoms with van der Waals surface area (Å²) in [6.07, 6.45) is 1.57. The van der Waals surface area contributed by atoms with Crippen LogP contribution >= 0.6 is 11.3 Å². The van der Waals surface area contributed by atoms with Gasteiger partial charge in [-0.1, -0.05) is 32.9 Å². The summed E-state index contributed by atoms with van der Waals surface area (Å²) in [7, 11) is -2.42. The molecule has 2 heterocycles. The van der Waals surface area contributed by atoms with Crippen LogP contribution in [0.15, 0.2) is 46.8 Å². The maximum atomic E-state index is 12.5. The van der Waals surface area contributed by atoms with E-state index in [2.05, 4.69) is 45.5 Å². The normalized spacial score (nSPS) is 11.9. The summed E-state index contributed by atoms with van der Waals surface area (Å²) in [5.41, 5.74) is 2.52. The number of thiazole rings is 1. The number of nitrogens with zero attached hydrogens (tertiary/aromatic N) is 1. The third-order valence-corrected chi connectivity index (χ3v) is 7.04. The van der Waals surface area contributed by atoms with Gasteiger partial charge in [0.1, 0.15) is 5.69 Å². The van der Waals surface area contributed by atoms with Gasteiger partial charge >= 0.3 is 5.97 Å². The van der Waals surface area contributed by atoms with E-state index in [0.717, 1.165) is 5.56 Å². The third-order valence-electron chi connectivity index (χ3n) is 4.81. The molecule has 1 amide bonds. The van der Waals surface area contributed by atoms with Crippen LogP contribution in [0.4, 0.5) is 5.13 Å². The number of rotatable bonds is 8.